The van der Waals surface area contributed by atoms with E-state index in [2.05, 4.69) is 27.7 Å². The van der Waals surface area contributed by atoms with E-state index in [-0.39, 0.29) is 0 Å². The molecule has 0 N–H and O–H groups in total. The fraction of sp³-hybridized carbons (Fsp3) is 1.00. The van der Waals surface area contributed by atoms with Crippen molar-refractivity contribution in [1.82, 2.24) is 0 Å². The van der Waals surface area contributed by atoms with E-state index < -0.39 is 0 Å². The van der Waals surface area contributed by atoms with Crippen molar-refractivity contribution in [3.63, 3.8) is 0 Å². The molecule has 0 heterocycles. The van der Waals surface area contributed by atoms with Gasteiger partial charge in [-0.1, -0.05) is 169 Å². The van der Waals surface area contributed by atoms with Crippen molar-refractivity contribution in [3.05, 3.63) is 0 Å². The first-order chi connectivity index (χ1) is 15.2. The molecule has 3 atom stereocenters. The molecule has 0 aliphatic heterocycles. The minimum absolute atomic E-state index is 0.888. The van der Waals surface area contributed by atoms with Crippen molar-refractivity contribution in [1.29, 1.82) is 0 Å². The highest BCUT2D eigenvalue weighted by molar-refractivity contribution is 4.85. The van der Waals surface area contributed by atoms with Gasteiger partial charge in [-0.2, -0.15) is 0 Å². The maximum atomic E-state index is 2.46. The average Bonchev–Trinajstić information content (AvgIpc) is 3.51. The fourth-order valence-corrected chi connectivity index (χ4v) is 5.72. The lowest BCUT2D eigenvalue weighted by Crippen LogP contribution is -2.08. The average molecular weight is 435 g/mol. The van der Waals surface area contributed by atoms with Crippen molar-refractivity contribution in [2.24, 2.45) is 23.7 Å². The van der Waals surface area contributed by atoms with Gasteiger partial charge < -0.3 is 0 Å². The van der Waals surface area contributed by atoms with Gasteiger partial charge in [0.05, 0.1) is 0 Å². The van der Waals surface area contributed by atoms with Gasteiger partial charge in [-0.25, -0.2) is 0 Å². The molecule has 0 saturated heterocycles. The van der Waals surface area contributed by atoms with Crippen LogP contribution in [-0.2, 0) is 0 Å². The molecule has 1 aliphatic rings. The van der Waals surface area contributed by atoms with Gasteiger partial charge in [-0.05, 0) is 30.1 Å². The monoisotopic (exact) mass is 434 g/mol. The van der Waals surface area contributed by atoms with Crippen LogP contribution in [0.3, 0.4) is 0 Å². The first-order valence-corrected chi connectivity index (χ1v) is 15.2. The highest BCUT2D eigenvalue weighted by Crippen LogP contribution is 2.45. The maximum absolute atomic E-state index is 2.46. The van der Waals surface area contributed by atoms with Crippen LogP contribution < -0.4 is 0 Å². The second-order valence-corrected chi connectivity index (χ2v) is 11.6. The minimum atomic E-state index is 0.888. The largest absolute Gasteiger partial charge is 0.0654 e. The Labute approximate surface area is 199 Å². The maximum Gasteiger partial charge on any atom is -0.0383 e. The van der Waals surface area contributed by atoms with Gasteiger partial charge in [0.25, 0.3) is 0 Å². The van der Waals surface area contributed by atoms with E-state index in [4.69, 9.17) is 0 Å². The quantitative estimate of drug-likeness (QED) is 0.132. The molecule has 1 aliphatic carbocycles. The summed E-state index contributed by atoms with van der Waals surface area (Å²) in [5.74, 6) is 4.14. The molecule has 186 valence electrons. The molecular formula is C31H62. The van der Waals surface area contributed by atoms with Crippen LogP contribution in [0, 0.1) is 23.7 Å². The Bertz CT molecular complexity index is 357. The lowest BCUT2D eigenvalue weighted by Gasteiger charge is -2.20. The van der Waals surface area contributed by atoms with Gasteiger partial charge in [0, 0.05) is 0 Å². The third kappa shape index (κ3) is 17.2. The summed E-state index contributed by atoms with van der Waals surface area (Å²) in [5, 5.41) is 0. The molecule has 1 saturated carbocycles. The van der Waals surface area contributed by atoms with Gasteiger partial charge in [0.15, 0.2) is 0 Å². The first kappa shape index (κ1) is 29.0. The molecule has 0 amide bonds. The molecule has 0 radical (unpaired) electrons. The summed E-state index contributed by atoms with van der Waals surface area (Å²) in [5.41, 5.74) is 0. The van der Waals surface area contributed by atoms with Crippen molar-refractivity contribution in [2.45, 2.75) is 175 Å². The van der Waals surface area contributed by atoms with Crippen LogP contribution in [0.4, 0.5) is 0 Å². The molecule has 1 fully saturated rings. The lowest BCUT2D eigenvalue weighted by atomic mass is 9.85. The van der Waals surface area contributed by atoms with E-state index in [9.17, 15) is 0 Å². The summed E-state index contributed by atoms with van der Waals surface area (Å²) in [7, 11) is 0. The van der Waals surface area contributed by atoms with Crippen molar-refractivity contribution in [3.8, 4) is 0 Å². The Kier molecular flexibility index (Phi) is 19.3. The second kappa shape index (κ2) is 20.6. The zero-order valence-electron chi connectivity index (χ0n) is 22.6. The molecule has 0 spiro atoms. The smallest absolute Gasteiger partial charge is 0.0383 e. The van der Waals surface area contributed by atoms with Crippen LogP contribution in [0.5, 0.6) is 0 Å². The van der Waals surface area contributed by atoms with Gasteiger partial charge in [-0.3, -0.25) is 0 Å². The van der Waals surface area contributed by atoms with Crippen molar-refractivity contribution < 1.29 is 0 Å². The molecule has 0 aromatic carbocycles. The van der Waals surface area contributed by atoms with Gasteiger partial charge in [0.2, 0.25) is 0 Å². The Balaban J connectivity index is 1.87. The standard InChI is InChI=1S/C31H62/c1-5-7-9-11-13-16-19-23-29(28(3)4)24-20-17-14-18-22-26-31-27-30(31)25-21-15-12-10-8-6-2/h28-31H,5-27H2,1-4H3. The van der Waals surface area contributed by atoms with Crippen LogP contribution in [0.1, 0.15) is 175 Å². The molecule has 0 heteroatoms. The topological polar surface area (TPSA) is 0 Å². The lowest BCUT2D eigenvalue weighted by molar-refractivity contribution is 0.312. The van der Waals surface area contributed by atoms with Crippen molar-refractivity contribution >= 4 is 0 Å². The summed E-state index contributed by atoms with van der Waals surface area (Å²) in [4.78, 5) is 0. The molecule has 3 unspecified atom stereocenters. The number of hydrogen-bond acceptors (Lipinski definition) is 0. The minimum Gasteiger partial charge on any atom is -0.0654 e. The molecule has 1 rings (SSSR count). The fourth-order valence-electron chi connectivity index (χ4n) is 5.72. The van der Waals surface area contributed by atoms with Crippen LogP contribution in [0.25, 0.3) is 0 Å². The van der Waals surface area contributed by atoms with E-state index in [0.717, 1.165) is 23.7 Å². The van der Waals surface area contributed by atoms with Crippen LogP contribution in [0.2, 0.25) is 0 Å². The third-order valence-electron chi connectivity index (χ3n) is 8.27. The zero-order chi connectivity index (χ0) is 22.6. The Morgan fingerprint density at radius 1 is 0.484 bits per heavy atom. The van der Waals surface area contributed by atoms with E-state index in [1.807, 2.05) is 0 Å². The predicted octanol–water partition coefficient (Wildman–Crippen LogP) is 11.5. The summed E-state index contributed by atoms with van der Waals surface area (Å²) < 4.78 is 0. The molecule has 0 aromatic heterocycles. The SMILES string of the molecule is CCCCCCCCCC(CCCCCCCC1CC1CCCCCCCC)C(C)C. The van der Waals surface area contributed by atoms with Gasteiger partial charge >= 0.3 is 0 Å². The van der Waals surface area contributed by atoms with Crippen molar-refractivity contribution in [2.75, 3.05) is 0 Å². The molecule has 0 aromatic rings. The van der Waals surface area contributed by atoms with E-state index in [1.54, 1.807) is 19.3 Å². The zero-order valence-corrected chi connectivity index (χ0v) is 22.6. The molecule has 0 nitrogen and oxygen atoms in total. The van der Waals surface area contributed by atoms with Crippen LogP contribution in [0.15, 0.2) is 0 Å². The highest BCUT2D eigenvalue weighted by atomic mass is 14.4. The Morgan fingerprint density at radius 3 is 1.23 bits per heavy atom. The molecule has 0 bridgehead atoms. The number of hydrogen-bond donors (Lipinski definition) is 0. The van der Waals surface area contributed by atoms with Crippen LogP contribution in [-0.4, -0.2) is 0 Å². The van der Waals surface area contributed by atoms with Gasteiger partial charge in [0.1, 0.15) is 0 Å². The normalized spacial score (nSPS) is 19.3. The summed E-state index contributed by atoms with van der Waals surface area (Å²) in [6.45, 7) is 9.55. The predicted molar refractivity (Wildman–Crippen MR) is 143 cm³/mol. The van der Waals surface area contributed by atoms with Gasteiger partial charge in [-0.15, -0.1) is 0 Å². The van der Waals surface area contributed by atoms with E-state index in [1.165, 1.54) is 128 Å². The summed E-state index contributed by atoms with van der Waals surface area (Å²) >= 11 is 0. The first-order valence-electron chi connectivity index (χ1n) is 15.2. The number of unbranched alkanes of at least 4 members (excludes halogenated alkanes) is 15. The Hall–Kier alpha value is 0. The summed E-state index contributed by atoms with van der Waals surface area (Å²) in [6, 6.07) is 0. The summed E-state index contributed by atoms with van der Waals surface area (Å²) in [6.07, 6.45) is 34.1. The molecular weight excluding hydrogens is 372 g/mol. The number of rotatable bonds is 24. The third-order valence-corrected chi connectivity index (χ3v) is 8.27. The van der Waals surface area contributed by atoms with E-state index >= 15 is 0 Å². The second-order valence-electron chi connectivity index (χ2n) is 11.6. The molecule has 31 heavy (non-hydrogen) atoms. The Morgan fingerprint density at radius 2 is 0.839 bits per heavy atom. The highest BCUT2D eigenvalue weighted by Gasteiger charge is 2.34. The van der Waals surface area contributed by atoms with E-state index in [0.29, 0.717) is 0 Å². The van der Waals surface area contributed by atoms with Crippen LogP contribution >= 0.6 is 0 Å².